The largest absolute Gasteiger partial charge is 0.481 e. The zero-order valence-electron chi connectivity index (χ0n) is 22.8. The smallest absolute Gasteiger partial charge is 0.305 e. The van der Waals surface area contributed by atoms with E-state index in [1.807, 2.05) is 13.8 Å². The van der Waals surface area contributed by atoms with Crippen LogP contribution >= 0.6 is 0 Å². The molecule has 0 saturated carbocycles. The third-order valence-corrected chi connectivity index (χ3v) is 6.83. The number of carboxylic acids is 1. The van der Waals surface area contributed by atoms with Gasteiger partial charge in [-0.2, -0.15) is 0 Å². The molecule has 1 aliphatic rings. The highest BCUT2D eigenvalue weighted by molar-refractivity contribution is 7.92. The predicted molar refractivity (Wildman–Crippen MR) is 145 cm³/mol. The fourth-order valence-corrected chi connectivity index (χ4v) is 4.36. The number of aromatic nitrogens is 2. The van der Waals surface area contributed by atoms with Crippen LogP contribution in [0.15, 0.2) is 30.3 Å². The van der Waals surface area contributed by atoms with Crippen molar-refractivity contribution in [3.8, 4) is 11.3 Å². The van der Waals surface area contributed by atoms with E-state index in [4.69, 9.17) is 9.47 Å². The van der Waals surface area contributed by atoms with Crippen LogP contribution in [0.1, 0.15) is 57.7 Å². The molecule has 1 aromatic carbocycles. The summed E-state index contributed by atoms with van der Waals surface area (Å²) in [4.78, 5) is 20.3. The monoisotopic (exact) mass is 552 g/mol. The van der Waals surface area contributed by atoms with Crippen LogP contribution in [0, 0.1) is 5.82 Å². The van der Waals surface area contributed by atoms with Crippen molar-refractivity contribution >= 4 is 28.0 Å². The quantitative estimate of drug-likeness (QED) is 0.500. The standard InChI is InChI=1S/C25H32FN3O6S.CH5N/c1-15(2)22-20(12-11-18-13-19(14-21(30)31)35-25(3,4)34-18)23(16-7-9-17(26)10-8-16)28-24(27-22)29(5)36(6,32)33;1-2/h7-12,15,18-19H,13-14H2,1-6H3,(H,30,31);2H2,1H3/b12-11+;/t18-,19-;/m1./s1. The maximum atomic E-state index is 13.7. The van der Waals surface area contributed by atoms with E-state index in [-0.39, 0.29) is 18.3 Å². The first-order chi connectivity index (χ1) is 17.7. The Bertz CT molecular complexity index is 1250. The molecule has 3 rings (SSSR count). The van der Waals surface area contributed by atoms with Crippen molar-refractivity contribution in [2.45, 2.75) is 64.4 Å². The first kappa shape index (κ1) is 31.3. The van der Waals surface area contributed by atoms with E-state index < -0.39 is 39.8 Å². The fraction of sp³-hybridized carbons (Fsp3) is 0.500. The molecule has 10 nitrogen and oxygen atoms in total. The molecule has 0 radical (unpaired) electrons. The Morgan fingerprint density at radius 1 is 1.24 bits per heavy atom. The van der Waals surface area contributed by atoms with E-state index in [0.717, 1.165) is 10.6 Å². The highest BCUT2D eigenvalue weighted by Gasteiger charge is 2.35. The molecule has 3 N–H and O–H groups in total. The van der Waals surface area contributed by atoms with Crippen molar-refractivity contribution in [1.29, 1.82) is 0 Å². The van der Waals surface area contributed by atoms with Gasteiger partial charge in [-0.25, -0.2) is 27.1 Å². The molecule has 0 spiro atoms. The lowest BCUT2D eigenvalue weighted by atomic mass is 9.97. The molecular formula is C26H37FN4O6S. The van der Waals surface area contributed by atoms with Gasteiger partial charge in [-0.05, 0) is 51.1 Å². The molecule has 2 heterocycles. The van der Waals surface area contributed by atoms with Crippen molar-refractivity contribution in [2.75, 3.05) is 24.7 Å². The van der Waals surface area contributed by atoms with E-state index in [1.54, 1.807) is 38.1 Å². The Labute approximate surface area is 223 Å². The van der Waals surface area contributed by atoms with Crippen molar-refractivity contribution in [3.63, 3.8) is 0 Å². The molecule has 0 amide bonds. The summed E-state index contributed by atoms with van der Waals surface area (Å²) in [5, 5.41) is 9.21. The van der Waals surface area contributed by atoms with Gasteiger partial charge in [-0.1, -0.05) is 26.0 Å². The molecule has 1 saturated heterocycles. The van der Waals surface area contributed by atoms with Gasteiger partial charge in [-0.15, -0.1) is 0 Å². The lowest BCUT2D eigenvalue weighted by Gasteiger charge is -2.39. The van der Waals surface area contributed by atoms with Gasteiger partial charge in [0.2, 0.25) is 16.0 Å². The van der Waals surface area contributed by atoms with Crippen LogP contribution in [0.2, 0.25) is 0 Å². The van der Waals surface area contributed by atoms with Gasteiger partial charge in [0, 0.05) is 24.6 Å². The van der Waals surface area contributed by atoms with Crippen molar-refractivity contribution < 1.29 is 32.2 Å². The molecule has 12 heteroatoms. The van der Waals surface area contributed by atoms with E-state index in [9.17, 15) is 22.7 Å². The van der Waals surface area contributed by atoms with Gasteiger partial charge in [0.25, 0.3) is 0 Å². The number of sulfonamides is 1. The summed E-state index contributed by atoms with van der Waals surface area (Å²) in [5.74, 6) is -2.45. The summed E-state index contributed by atoms with van der Waals surface area (Å²) in [6, 6.07) is 5.75. The number of carbonyl (C=O) groups is 1. The molecular weight excluding hydrogens is 515 g/mol. The van der Waals surface area contributed by atoms with E-state index in [0.29, 0.717) is 28.9 Å². The normalized spacial score (nSPS) is 19.2. The van der Waals surface area contributed by atoms with Crippen LogP contribution in [0.25, 0.3) is 17.3 Å². The molecule has 1 aliphatic heterocycles. The summed E-state index contributed by atoms with van der Waals surface area (Å²) in [7, 11) is -0.753. The summed E-state index contributed by atoms with van der Waals surface area (Å²) in [6.45, 7) is 7.30. The number of anilines is 1. The average Bonchev–Trinajstić information content (AvgIpc) is 2.81. The Hall–Kier alpha value is -2.93. The Morgan fingerprint density at radius 2 is 1.84 bits per heavy atom. The molecule has 2 atom stereocenters. The van der Waals surface area contributed by atoms with Gasteiger partial charge < -0.3 is 20.3 Å². The maximum Gasteiger partial charge on any atom is 0.305 e. The summed E-state index contributed by atoms with van der Waals surface area (Å²) in [6.07, 6.45) is 3.88. The number of hydrogen-bond acceptors (Lipinski definition) is 8. The molecule has 1 fully saturated rings. The minimum Gasteiger partial charge on any atom is -0.481 e. The molecule has 0 aliphatic carbocycles. The second-order valence-corrected chi connectivity index (χ2v) is 11.6. The zero-order valence-corrected chi connectivity index (χ0v) is 23.6. The summed E-state index contributed by atoms with van der Waals surface area (Å²) >= 11 is 0. The highest BCUT2D eigenvalue weighted by atomic mass is 32.2. The van der Waals surface area contributed by atoms with Crippen LogP contribution in [-0.4, -0.2) is 67.8 Å². The number of benzene rings is 1. The maximum absolute atomic E-state index is 13.7. The van der Waals surface area contributed by atoms with Crippen LogP contribution in [-0.2, 0) is 24.3 Å². The van der Waals surface area contributed by atoms with Gasteiger partial charge in [0.1, 0.15) is 5.82 Å². The van der Waals surface area contributed by atoms with Crippen molar-refractivity contribution in [3.05, 3.63) is 47.4 Å². The van der Waals surface area contributed by atoms with E-state index >= 15 is 0 Å². The molecule has 38 heavy (non-hydrogen) atoms. The minimum absolute atomic E-state index is 0.00245. The van der Waals surface area contributed by atoms with E-state index in [1.165, 1.54) is 26.2 Å². The van der Waals surface area contributed by atoms with Gasteiger partial charge in [0.15, 0.2) is 5.79 Å². The molecule has 2 aromatic rings. The molecule has 0 unspecified atom stereocenters. The average molecular weight is 553 g/mol. The number of carboxylic acid groups (broad SMARTS) is 1. The van der Waals surface area contributed by atoms with Crippen LogP contribution in [0.3, 0.4) is 0 Å². The van der Waals surface area contributed by atoms with Gasteiger partial charge in [0.05, 0.1) is 36.3 Å². The van der Waals surface area contributed by atoms with Gasteiger partial charge in [-0.3, -0.25) is 4.79 Å². The number of hydrogen-bond donors (Lipinski definition) is 2. The Balaban J connectivity index is 0.00000247. The number of nitrogens with zero attached hydrogens (tertiary/aromatic N) is 3. The fourth-order valence-electron chi connectivity index (χ4n) is 3.99. The number of rotatable bonds is 8. The van der Waals surface area contributed by atoms with Crippen molar-refractivity contribution in [2.24, 2.45) is 5.73 Å². The molecule has 210 valence electrons. The summed E-state index contributed by atoms with van der Waals surface area (Å²) in [5.41, 5.74) is 6.74. The third-order valence-electron chi connectivity index (χ3n) is 5.67. The SMILES string of the molecule is CC(C)c1nc(N(C)S(C)(=O)=O)nc(-c2ccc(F)cc2)c1/C=C/[C@@H]1C[C@H](CC(=O)O)OC(C)(C)O1.CN. The lowest BCUT2D eigenvalue weighted by molar-refractivity contribution is -0.290. The predicted octanol–water partition coefficient (Wildman–Crippen LogP) is 3.77. The number of ether oxygens (including phenoxy) is 2. The molecule has 1 aromatic heterocycles. The summed E-state index contributed by atoms with van der Waals surface area (Å²) < 4.78 is 50.8. The van der Waals surface area contributed by atoms with Crippen LogP contribution < -0.4 is 10.0 Å². The second-order valence-electron chi connectivity index (χ2n) is 9.55. The topological polar surface area (TPSA) is 145 Å². The highest BCUT2D eigenvalue weighted by Crippen LogP contribution is 2.33. The first-order valence-corrected chi connectivity index (χ1v) is 14.0. The van der Waals surface area contributed by atoms with E-state index in [2.05, 4.69) is 15.7 Å². The number of nitrogens with two attached hydrogens (primary N) is 1. The minimum atomic E-state index is -3.63. The third kappa shape index (κ3) is 8.29. The lowest BCUT2D eigenvalue weighted by Crippen LogP contribution is -2.44. The molecule has 0 bridgehead atoms. The Kier molecular flexibility index (Phi) is 10.5. The number of aliphatic carboxylic acids is 1. The first-order valence-electron chi connectivity index (χ1n) is 12.1. The Morgan fingerprint density at radius 3 is 2.37 bits per heavy atom. The van der Waals surface area contributed by atoms with Crippen molar-refractivity contribution in [1.82, 2.24) is 9.97 Å². The van der Waals surface area contributed by atoms with Gasteiger partial charge >= 0.3 is 5.97 Å². The van der Waals surface area contributed by atoms with Crippen LogP contribution in [0.4, 0.5) is 10.3 Å². The zero-order chi connectivity index (χ0) is 28.8. The number of halogens is 1. The van der Waals surface area contributed by atoms with Crippen LogP contribution in [0.5, 0.6) is 0 Å². The second kappa shape index (κ2) is 12.7.